The molecular formula is C17H22FN3OS. The molecule has 2 heterocycles. The SMILES string of the molecule is O=C([C@H]1CCCN(C(=S)Nc2ccc(F)cc2)C1)N1CCCC1. The molecule has 3 rings (SSSR count). The molecule has 1 N–H and O–H groups in total. The number of anilines is 1. The standard InChI is InChI=1S/C17H22FN3OS/c18-14-5-7-15(8-6-14)19-17(23)21-11-3-4-13(12-21)16(22)20-9-1-2-10-20/h5-8,13H,1-4,9-12H2,(H,19,23)/t13-/m0/s1. The second-order valence-corrected chi connectivity index (χ2v) is 6.64. The van der Waals surface area contributed by atoms with Crippen LogP contribution in [0.4, 0.5) is 10.1 Å². The monoisotopic (exact) mass is 335 g/mol. The van der Waals surface area contributed by atoms with Crippen molar-refractivity contribution in [3.63, 3.8) is 0 Å². The third kappa shape index (κ3) is 3.99. The summed E-state index contributed by atoms with van der Waals surface area (Å²) in [5, 5.41) is 3.74. The molecule has 0 aliphatic carbocycles. The highest BCUT2D eigenvalue weighted by Gasteiger charge is 2.31. The number of benzene rings is 1. The van der Waals surface area contributed by atoms with E-state index in [0.717, 1.165) is 51.0 Å². The molecule has 1 aromatic carbocycles. The zero-order valence-electron chi connectivity index (χ0n) is 13.1. The van der Waals surface area contributed by atoms with E-state index in [1.54, 1.807) is 12.1 Å². The Morgan fingerprint density at radius 3 is 2.43 bits per heavy atom. The summed E-state index contributed by atoms with van der Waals surface area (Å²) in [6.45, 7) is 3.32. The van der Waals surface area contributed by atoms with E-state index in [1.165, 1.54) is 12.1 Å². The Bertz CT molecular complexity index is 572. The maximum absolute atomic E-state index is 13.0. The van der Waals surface area contributed by atoms with E-state index >= 15 is 0 Å². The molecule has 23 heavy (non-hydrogen) atoms. The molecule has 0 saturated carbocycles. The van der Waals surface area contributed by atoms with Crippen LogP contribution in [0.1, 0.15) is 25.7 Å². The van der Waals surface area contributed by atoms with Crippen molar-refractivity contribution in [2.75, 3.05) is 31.5 Å². The van der Waals surface area contributed by atoms with Gasteiger partial charge in [0.25, 0.3) is 0 Å². The molecule has 4 nitrogen and oxygen atoms in total. The molecule has 2 aliphatic rings. The zero-order chi connectivity index (χ0) is 16.2. The van der Waals surface area contributed by atoms with E-state index in [9.17, 15) is 9.18 Å². The Morgan fingerprint density at radius 2 is 1.74 bits per heavy atom. The highest BCUT2D eigenvalue weighted by Crippen LogP contribution is 2.22. The molecule has 1 atom stereocenters. The molecule has 1 amide bonds. The minimum absolute atomic E-state index is 0.0369. The lowest BCUT2D eigenvalue weighted by Gasteiger charge is -2.35. The normalized spacial score (nSPS) is 21.3. The van der Waals surface area contributed by atoms with Gasteiger partial charge in [0.1, 0.15) is 5.82 Å². The van der Waals surface area contributed by atoms with Crippen molar-refractivity contribution in [1.29, 1.82) is 0 Å². The minimum Gasteiger partial charge on any atom is -0.348 e. The van der Waals surface area contributed by atoms with Crippen LogP contribution in [-0.4, -0.2) is 47.0 Å². The number of hydrogen-bond donors (Lipinski definition) is 1. The van der Waals surface area contributed by atoms with Gasteiger partial charge in [-0.1, -0.05) is 0 Å². The lowest BCUT2D eigenvalue weighted by atomic mass is 9.97. The Balaban J connectivity index is 1.57. The predicted molar refractivity (Wildman–Crippen MR) is 92.7 cm³/mol. The number of carbonyl (C=O) groups is 1. The van der Waals surface area contributed by atoms with Gasteiger partial charge in [-0.3, -0.25) is 4.79 Å². The molecule has 2 aliphatic heterocycles. The van der Waals surface area contributed by atoms with Crippen LogP contribution >= 0.6 is 12.2 Å². The van der Waals surface area contributed by atoms with Gasteiger partial charge in [0.2, 0.25) is 5.91 Å². The first-order valence-corrected chi connectivity index (χ1v) is 8.64. The van der Waals surface area contributed by atoms with Gasteiger partial charge in [0, 0.05) is 31.9 Å². The number of nitrogens with one attached hydrogen (secondary N) is 1. The van der Waals surface area contributed by atoms with Crippen molar-refractivity contribution >= 4 is 28.9 Å². The molecule has 0 unspecified atom stereocenters. The average Bonchev–Trinajstić information content (AvgIpc) is 3.11. The second kappa shape index (κ2) is 7.25. The van der Waals surface area contributed by atoms with Gasteiger partial charge < -0.3 is 15.1 Å². The van der Waals surface area contributed by atoms with Crippen LogP contribution < -0.4 is 5.32 Å². The fourth-order valence-electron chi connectivity index (χ4n) is 3.29. The molecule has 0 spiro atoms. The van der Waals surface area contributed by atoms with Gasteiger partial charge in [-0.2, -0.15) is 0 Å². The van der Waals surface area contributed by atoms with Crippen LogP contribution in [0.2, 0.25) is 0 Å². The molecule has 0 aromatic heterocycles. The van der Waals surface area contributed by atoms with Gasteiger partial charge >= 0.3 is 0 Å². The summed E-state index contributed by atoms with van der Waals surface area (Å²) < 4.78 is 13.0. The van der Waals surface area contributed by atoms with Crippen LogP contribution in [0.5, 0.6) is 0 Å². The summed E-state index contributed by atoms with van der Waals surface area (Å²) in [7, 11) is 0. The van der Waals surface area contributed by atoms with Crippen LogP contribution in [0.15, 0.2) is 24.3 Å². The zero-order valence-corrected chi connectivity index (χ0v) is 13.9. The van der Waals surface area contributed by atoms with Crippen LogP contribution in [0.3, 0.4) is 0 Å². The summed E-state index contributed by atoms with van der Waals surface area (Å²) in [6.07, 6.45) is 4.14. The largest absolute Gasteiger partial charge is 0.348 e. The van der Waals surface area contributed by atoms with E-state index in [2.05, 4.69) is 10.2 Å². The van der Waals surface area contributed by atoms with Crippen molar-refractivity contribution in [3.8, 4) is 0 Å². The molecule has 1 aromatic rings. The number of rotatable bonds is 2. The Morgan fingerprint density at radius 1 is 1.09 bits per heavy atom. The second-order valence-electron chi connectivity index (χ2n) is 6.25. The molecule has 0 radical (unpaired) electrons. The first kappa shape index (κ1) is 16.2. The summed E-state index contributed by atoms with van der Waals surface area (Å²) in [5.74, 6) is 0.0438. The van der Waals surface area contributed by atoms with Crippen molar-refractivity contribution in [2.45, 2.75) is 25.7 Å². The van der Waals surface area contributed by atoms with Gasteiger partial charge in [0.05, 0.1) is 5.92 Å². The molecule has 2 fully saturated rings. The molecular weight excluding hydrogens is 313 g/mol. The van der Waals surface area contributed by atoms with Crippen molar-refractivity contribution in [2.24, 2.45) is 5.92 Å². The molecule has 0 bridgehead atoms. The molecule has 6 heteroatoms. The molecule has 2 saturated heterocycles. The van der Waals surface area contributed by atoms with E-state index in [-0.39, 0.29) is 17.6 Å². The number of nitrogens with zero attached hydrogens (tertiary/aromatic N) is 2. The lowest BCUT2D eigenvalue weighted by molar-refractivity contribution is -0.135. The number of piperidine rings is 1. The third-order valence-electron chi connectivity index (χ3n) is 4.57. The highest BCUT2D eigenvalue weighted by molar-refractivity contribution is 7.80. The van der Waals surface area contributed by atoms with Gasteiger partial charge in [0.15, 0.2) is 5.11 Å². The Labute approximate surface area is 141 Å². The number of hydrogen-bond acceptors (Lipinski definition) is 2. The first-order chi connectivity index (χ1) is 11.1. The number of amides is 1. The maximum atomic E-state index is 13.0. The van der Waals surface area contributed by atoms with Crippen LogP contribution in [0, 0.1) is 11.7 Å². The van der Waals surface area contributed by atoms with Crippen molar-refractivity contribution in [3.05, 3.63) is 30.1 Å². The molecule has 124 valence electrons. The van der Waals surface area contributed by atoms with E-state index < -0.39 is 0 Å². The smallest absolute Gasteiger partial charge is 0.227 e. The number of likely N-dealkylation sites (tertiary alicyclic amines) is 2. The van der Waals surface area contributed by atoms with Gasteiger partial charge in [-0.05, 0) is 62.2 Å². The third-order valence-corrected chi connectivity index (χ3v) is 4.93. The Hall–Kier alpha value is -1.69. The fourth-order valence-corrected chi connectivity index (χ4v) is 3.58. The predicted octanol–water partition coefficient (Wildman–Crippen LogP) is 2.86. The first-order valence-electron chi connectivity index (χ1n) is 8.24. The highest BCUT2D eigenvalue weighted by atomic mass is 32.1. The Kier molecular flexibility index (Phi) is 5.10. The summed E-state index contributed by atoms with van der Waals surface area (Å²) >= 11 is 5.46. The topological polar surface area (TPSA) is 35.6 Å². The summed E-state index contributed by atoms with van der Waals surface area (Å²) in [4.78, 5) is 16.6. The van der Waals surface area contributed by atoms with Gasteiger partial charge in [-0.15, -0.1) is 0 Å². The van der Waals surface area contributed by atoms with E-state index in [0.29, 0.717) is 11.7 Å². The maximum Gasteiger partial charge on any atom is 0.227 e. The number of thiocarbonyl (C=S) groups is 1. The fraction of sp³-hybridized carbons (Fsp3) is 0.529. The summed E-state index contributed by atoms with van der Waals surface area (Å²) in [5.41, 5.74) is 0.768. The number of carbonyl (C=O) groups excluding carboxylic acids is 1. The summed E-state index contributed by atoms with van der Waals surface area (Å²) in [6, 6.07) is 6.14. The van der Waals surface area contributed by atoms with Crippen LogP contribution in [0.25, 0.3) is 0 Å². The van der Waals surface area contributed by atoms with Gasteiger partial charge in [-0.25, -0.2) is 4.39 Å². The van der Waals surface area contributed by atoms with E-state index in [1.807, 2.05) is 4.90 Å². The minimum atomic E-state index is -0.268. The van der Waals surface area contributed by atoms with Crippen molar-refractivity contribution in [1.82, 2.24) is 9.80 Å². The lowest BCUT2D eigenvalue weighted by Crippen LogP contribution is -2.47. The average molecular weight is 335 g/mol. The van der Waals surface area contributed by atoms with Crippen molar-refractivity contribution < 1.29 is 9.18 Å². The van der Waals surface area contributed by atoms with E-state index in [4.69, 9.17) is 12.2 Å². The number of halogens is 1. The quantitative estimate of drug-likeness (QED) is 0.843. The van der Waals surface area contributed by atoms with Crippen LogP contribution in [-0.2, 0) is 4.79 Å².